The SMILES string of the molecule is Cl.Fc1cccc(NCC2CC2)c1. The van der Waals surface area contributed by atoms with Crippen LogP contribution in [0.5, 0.6) is 0 Å². The molecule has 1 aliphatic carbocycles. The number of rotatable bonds is 3. The Morgan fingerprint density at radius 1 is 1.38 bits per heavy atom. The average Bonchev–Trinajstić information content (AvgIpc) is 2.84. The van der Waals surface area contributed by atoms with Gasteiger partial charge in [0.2, 0.25) is 0 Å². The van der Waals surface area contributed by atoms with Crippen LogP contribution < -0.4 is 5.32 Å². The fraction of sp³-hybridized carbons (Fsp3) is 0.400. The van der Waals surface area contributed by atoms with Gasteiger partial charge in [-0.3, -0.25) is 0 Å². The monoisotopic (exact) mass is 201 g/mol. The average molecular weight is 202 g/mol. The summed E-state index contributed by atoms with van der Waals surface area (Å²) < 4.78 is 12.7. The molecule has 0 radical (unpaired) electrons. The molecule has 0 unspecified atom stereocenters. The molecule has 1 nitrogen and oxygen atoms in total. The van der Waals surface area contributed by atoms with E-state index in [0.29, 0.717) is 0 Å². The third kappa shape index (κ3) is 3.23. The molecule has 0 amide bonds. The van der Waals surface area contributed by atoms with Crippen molar-refractivity contribution in [3.8, 4) is 0 Å². The maximum atomic E-state index is 12.7. The Hall–Kier alpha value is -0.760. The Morgan fingerprint density at radius 2 is 2.15 bits per heavy atom. The van der Waals surface area contributed by atoms with E-state index in [1.165, 1.54) is 25.0 Å². The predicted molar refractivity (Wildman–Crippen MR) is 54.9 cm³/mol. The van der Waals surface area contributed by atoms with Gasteiger partial charge in [0, 0.05) is 12.2 Å². The second-order valence-corrected chi connectivity index (χ2v) is 3.33. The first-order valence-electron chi connectivity index (χ1n) is 4.34. The van der Waals surface area contributed by atoms with Gasteiger partial charge in [-0.1, -0.05) is 6.07 Å². The van der Waals surface area contributed by atoms with Crippen molar-refractivity contribution >= 4 is 18.1 Å². The van der Waals surface area contributed by atoms with Crippen molar-refractivity contribution in [2.45, 2.75) is 12.8 Å². The van der Waals surface area contributed by atoms with Gasteiger partial charge in [0.1, 0.15) is 5.82 Å². The molecule has 0 aromatic heterocycles. The van der Waals surface area contributed by atoms with E-state index in [0.717, 1.165) is 18.2 Å². The molecule has 0 saturated heterocycles. The van der Waals surface area contributed by atoms with Crippen molar-refractivity contribution in [2.75, 3.05) is 11.9 Å². The van der Waals surface area contributed by atoms with Gasteiger partial charge in [0.05, 0.1) is 0 Å². The molecule has 0 spiro atoms. The van der Waals surface area contributed by atoms with E-state index in [4.69, 9.17) is 0 Å². The second-order valence-electron chi connectivity index (χ2n) is 3.33. The van der Waals surface area contributed by atoms with Gasteiger partial charge < -0.3 is 5.32 Å². The number of anilines is 1. The van der Waals surface area contributed by atoms with Crippen LogP contribution in [0.25, 0.3) is 0 Å². The lowest BCUT2D eigenvalue weighted by molar-refractivity contribution is 0.628. The van der Waals surface area contributed by atoms with Crippen LogP contribution in [0, 0.1) is 11.7 Å². The largest absolute Gasteiger partial charge is 0.385 e. The second kappa shape index (κ2) is 4.47. The van der Waals surface area contributed by atoms with Crippen LogP contribution in [-0.4, -0.2) is 6.54 Å². The first-order valence-corrected chi connectivity index (χ1v) is 4.34. The molecule has 0 bridgehead atoms. The summed E-state index contributed by atoms with van der Waals surface area (Å²) in [5, 5.41) is 3.21. The molecule has 72 valence electrons. The quantitative estimate of drug-likeness (QED) is 0.793. The van der Waals surface area contributed by atoms with Crippen LogP contribution in [0.2, 0.25) is 0 Å². The van der Waals surface area contributed by atoms with Crippen LogP contribution in [-0.2, 0) is 0 Å². The zero-order valence-corrected chi connectivity index (χ0v) is 8.11. The number of nitrogens with one attached hydrogen (secondary N) is 1. The minimum Gasteiger partial charge on any atom is -0.385 e. The number of hydrogen-bond donors (Lipinski definition) is 1. The molecule has 1 saturated carbocycles. The molecule has 13 heavy (non-hydrogen) atoms. The Balaban J connectivity index is 0.000000845. The standard InChI is InChI=1S/C10H12FN.ClH/c11-9-2-1-3-10(6-9)12-7-8-4-5-8;/h1-3,6,8,12H,4-5,7H2;1H. The van der Waals surface area contributed by atoms with Gasteiger partial charge in [0.25, 0.3) is 0 Å². The summed E-state index contributed by atoms with van der Waals surface area (Å²) in [7, 11) is 0. The molecule has 1 fully saturated rings. The van der Waals surface area contributed by atoms with E-state index < -0.39 is 0 Å². The Kier molecular flexibility index (Phi) is 3.55. The summed E-state index contributed by atoms with van der Waals surface area (Å²) in [6, 6.07) is 6.61. The van der Waals surface area contributed by atoms with Gasteiger partial charge >= 0.3 is 0 Å². The lowest BCUT2D eigenvalue weighted by Gasteiger charge is -2.03. The Bertz CT molecular complexity index is 273. The molecule has 0 atom stereocenters. The first-order chi connectivity index (χ1) is 5.84. The van der Waals surface area contributed by atoms with E-state index in [1.807, 2.05) is 6.07 Å². The van der Waals surface area contributed by atoms with Crippen LogP contribution in [0.4, 0.5) is 10.1 Å². The van der Waals surface area contributed by atoms with Crippen LogP contribution in [0.3, 0.4) is 0 Å². The third-order valence-corrected chi connectivity index (χ3v) is 2.12. The third-order valence-electron chi connectivity index (χ3n) is 2.12. The van der Waals surface area contributed by atoms with Crippen LogP contribution in [0.1, 0.15) is 12.8 Å². The summed E-state index contributed by atoms with van der Waals surface area (Å²) in [6.45, 7) is 0.990. The molecule has 1 aromatic rings. The zero-order chi connectivity index (χ0) is 8.39. The van der Waals surface area contributed by atoms with E-state index in [9.17, 15) is 4.39 Å². The topological polar surface area (TPSA) is 12.0 Å². The van der Waals surface area contributed by atoms with Gasteiger partial charge in [0.15, 0.2) is 0 Å². The van der Waals surface area contributed by atoms with Crippen molar-refractivity contribution < 1.29 is 4.39 Å². The molecule has 2 rings (SSSR count). The molecule has 1 N–H and O–H groups in total. The number of halogens is 2. The van der Waals surface area contributed by atoms with E-state index in [2.05, 4.69) is 5.32 Å². The maximum Gasteiger partial charge on any atom is 0.125 e. The lowest BCUT2D eigenvalue weighted by Crippen LogP contribution is -2.02. The van der Waals surface area contributed by atoms with Crippen LogP contribution >= 0.6 is 12.4 Å². The Morgan fingerprint density at radius 3 is 2.77 bits per heavy atom. The summed E-state index contributed by atoms with van der Waals surface area (Å²) in [5.74, 6) is 0.657. The molecule has 1 aliphatic rings. The molecule has 1 aromatic carbocycles. The van der Waals surface area contributed by atoms with E-state index >= 15 is 0 Å². The maximum absolute atomic E-state index is 12.7. The van der Waals surface area contributed by atoms with Gasteiger partial charge in [-0.05, 0) is 37.0 Å². The predicted octanol–water partition coefficient (Wildman–Crippen LogP) is 3.07. The van der Waals surface area contributed by atoms with E-state index in [-0.39, 0.29) is 18.2 Å². The highest BCUT2D eigenvalue weighted by atomic mass is 35.5. The van der Waals surface area contributed by atoms with Crippen molar-refractivity contribution in [2.24, 2.45) is 5.92 Å². The number of benzene rings is 1. The van der Waals surface area contributed by atoms with E-state index in [1.54, 1.807) is 6.07 Å². The van der Waals surface area contributed by atoms with Crippen molar-refractivity contribution in [1.29, 1.82) is 0 Å². The normalized spacial score (nSPS) is 14.8. The van der Waals surface area contributed by atoms with Gasteiger partial charge in [-0.25, -0.2) is 4.39 Å². The van der Waals surface area contributed by atoms with Crippen LogP contribution in [0.15, 0.2) is 24.3 Å². The smallest absolute Gasteiger partial charge is 0.125 e. The molecule has 3 heteroatoms. The minimum atomic E-state index is -0.171. The Labute approximate surface area is 83.8 Å². The zero-order valence-electron chi connectivity index (χ0n) is 7.29. The highest BCUT2D eigenvalue weighted by Crippen LogP contribution is 2.28. The van der Waals surface area contributed by atoms with Gasteiger partial charge in [-0.2, -0.15) is 0 Å². The van der Waals surface area contributed by atoms with Crippen molar-refractivity contribution in [1.82, 2.24) is 0 Å². The first kappa shape index (κ1) is 10.3. The fourth-order valence-electron chi connectivity index (χ4n) is 1.18. The summed E-state index contributed by atoms with van der Waals surface area (Å²) in [6.07, 6.45) is 2.64. The molecule has 0 heterocycles. The fourth-order valence-corrected chi connectivity index (χ4v) is 1.18. The van der Waals surface area contributed by atoms with Crippen molar-refractivity contribution in [3.63, 3.8) is 0 Å². The summed E-state index contributed by atoms with van der Waals surface area (Å²) >= 11 is 0. The number of hydrogen-bond acceptors (Lipinski definition) is 1. The molecular weight excluding hydrogens is 189 g/mol. The molecule has 0 aliphatic heterocycles. The van der Waals surface area contributed by atoms with Gasteiger partial charge in [-0.15, -0.1) is 12.4 Å². The molecular formula is C10H13ClFN. The summed E-state index contributed by atoms with van der Waals surface area (Å²) in [4.78, 5) is 0. The highest BCUT2D eigenvalue weighted by Gasteiger charge is 2.20. The summed E-state index contributed by atoms with van der Waals surface area (Å²) in [5.41, 5.74) is 0.891. The van der Waals surface area contributed by atoms with Crippen molar-refractivity contribution in [3.05, 3.63) is 30.1 Å². The minimum absolute atomic E-state index is 0. The lowest BCUT2D eigenvalue weighted by atomic mass is 10.3. The highest BCUT2D eigenvalue weighted by molar-refractivity contribution is 5.85.